The summed E-state index contributed by atoms with van der Waals surface area (Å²) in [6.07, 6.45) is 1.06. The summed E-state index contributed by atoms with van der Waals surface area (Å²) in [5.41, 5.74) is 17.9. The van der Waals surface area contributed by atoms with E-state index in [-0.39, 0.29) is 11.5 Å². The van der Waals surface area contributed by atoms with E-state index in [1.807, 2.05) is 50.2 Å². The quantitative estimate of drug-likeness (QED) is 0.165. The van der Waals surface area contributed by atoms with Crippen molar-refractivity contribution in [3.05, 3.63) is 287 Å². The van der Waals surface area contributed by atoms with Gasteiger partial charge in [-0.3, -0.25) is 0 Å². The molecule has 0 aliphatic heterocycles. The van der Waals surface area contributed by atoms with Gasteiger partial charge in [0.1, 0.15) is 11.5 Å². The lowest BCUT2D eigenvalue weighted by molar-refractivity contribution is 0.475. The molecule has 2 aliphatic carbocycles. The number of H-pyrrole nitrogens is 1. The zero-order valence-electron chi connectivity index (χ0n) is 43.9. The van der Waals surface area contributed by atoms with E-state index in [1.54, 1.807) is 12.1 Å². The van der Waals surface area contributed by atoms with Crippen molar-refractivity contribution in [2.45, 2.75) is 65.2 Å². The molecule has 0 amide bonds. The molecule has 0 fully saturated rings. The molecule has 0 saturated carbocycles. The molecule has 14 rings (SSSR count). The lowest BCUT2D eigenvalue weighted by Crippen LogP contribution is -2.28. The molecule has 1 aromatic heterocycles. The molecule has 0 radical (unpaired) electrons. The smallest absolute Gasteiger partial charge is 0.116 e. The van der Waals surface area contributed by atoms with Crippen LogP contribution in [0.3, 0.4) is 0 Å². The summed E-state index contributed by atoms with van der Waals surface area (Å²) in [6.45, 7) is 12.8. The van der Waals surface area contributed by atoms with E-state index in [0.717, 1.165) is 28.0 Å². The number of aromatic hydroxyl groups is 2. The predicted octanol–water partition coefficient (Wildman–Crippen LogP) is 19.3. The summed E-state index contributed by atoms with van der Waals surface area (Å²) < 4.78 is 0. The Hall–Kier alpha value is -8.66. The van der Waals surface area contributed by atoms with Crippen LogP contribution in [0, 0.1) is 0 Å². The number of para-hydroxylation sites is 1. The van der Waals surface area contributed by atoms with Gasteiger partial charge in [-0.15, -0.1) is 0 Å². The van der Waals surface area contributed by atoms with Gasteiger partial charge in [-0.25, -0.2) is 0 Å². The van der Waals surface area contributed by atoms with E-state index >= 15 is 0 Å². The Kier molecular flexibility index (Phi) is 14.5. The van der Waals surface area contributed by atoms with Gasteiger partial charge < -0.3 is 15.2 Å². The fourth-order valence-corrected chi connectivity index (χ4v) is 11.1. The fraction of sp³-hybridized carbons (Fsp3) is 0.139. The minimum Gasteiger partial charge on any atom is -0.508 e. The van der Waals surface area contributed by atoms with Gasteiger partial charge in [-0.2, -0.15) is 0 Å². The molecule has 0 unspecified atom stereocenters. The molecule has 0 atom stereocenters. The van der Waals surface area contributed by atoms with E-state index in [1.165, 1.54) is 88.6 Å². The van der Waals surface area contributed by atoms with Crippen LogP contribution in [0.25, 0.3) is 65.6 Å². The summed E-state index contributed by atoms with van der Waals surface area (Å²) in [6, 6.07) is 84.6. The van der Waals surface area contributed by atoms with E-state index in [2.05, 4.69) is 227 Å². The number of fused-ring (bicyclic) bond motifs is 11. The molecular formula is C72H65NO2. The van der Waals surface area contributed by atoms with Crippen molar-refractivity contribution >= 4 is 43.4 Å². The Morgan fingerprint density at radius 2 is 0.800 bits per heavy atom. The first kappa shape index (κ1) is 49.9. The summed E-state index contributed by atoms with van der Waals surface area (Å²) in [5.74, 6) is 1.86. The van der Waals surface area contributed by atoms with Crippen LogP contribution in [0.2, 0.25) is 0 Å². The average molecular weight is 976 g/mol. The highest BCUT2D eigenvalue weighted by molar-refractivity contribution is 6.09. The predicted molar refractivity (Wildman–Crippen MR) is 319 cm³/mol. The van der Waals surface area contributed by atoms with Crippen LogP contribution in [0.15, 0.2) is 243 Å². The average Bonchev–Trinajstić information content (AvgIpc) is 4.14. The number of phenolic OH excluding ortho intramolecular Hbond substituents is 2. The monoisotopic (exact) mass is 976 g/mol. The highest BCUT2D eigenvalue weighted by Crippen LogP contribution is 2.56. The maximum atomic E-state index is 10.0. The summed E-state index contributed by atoms with van der Waals surface area (Å²) in [4.78, 5) is 3.54. The van der Waals surface area contributed by atoms with Gasteiger partial charge in [-0.1, -0.05) is 230 Å². The van der Waals surface area contributed by atoms with Gasteiger partial charge in [0, 0.05) is 21.8 Å². The number of hydrogen-bond donors (Lipinski definition) is 3. The third-order valence-electron chi connectivity index (χ3n) is 14.8. The Bertz CT molecular complexity index is 3740. The number of benzene rings is 11. The van der Waals surface area contributed by atoms with Crippen LogP contribution >= 0.6 is 0 Å². The molecule has 1 heterocycles. The molecule has 3 nitrogen and oxygen atoms in total. The van der Waals surface area contributed by atoms with Crippen LogP contribution in [0.5, 0.6) is 11.5 Å². The van der Waals surface area contributed by atoms with E-state index in [0.29, 0.717) is 11.8 Å². The first-order valence-electron chi connectivity index (χ1n) is 26.5. The Morgan fingerprint density at radius 3 is 1.32 bits per heavy atom. The standard InChI is InChI=1S/C33H22O2.C19H13N.2C9H12.C2H6/c34-27-15-11-21-17-25(13-9-23(21)19-27)33(26-14-10-24-20-28(35)16-12-22(24)18-26)31-7-3-1-5-29(31)30-6-2-4-8-32(30)33;1-2-6-14-12(5-1)9-13-10-17-15-7-3-4-8-18(15)20-19(17)11-16(13)14;2*1-8(2)9-6-4-3-5-7-9;1-2/h1-20,34-35H;1-8,10-11,20H,9H2;2*3-8H,1-2H3;1-2H3. The number of rotatable bonds is 4. The van der Waals surface area contributed by atoms with Gasteiger partial charge in [0.05, 0.1) is 5.41 Å². The van der Waals surface area contributed by atoms with E-state index < -0.39 is 5.41 Å². The van der Waals surface area contributed by atoms with Gasteiger partial charge >= 0.3 is 0 Å². The highest BCUT2D eigenvalue weighted by Gasteiger charge is 2.46. The topological polar surface area (TPSA) is 56.2 Å². The molecular weight excluding hydrogens is 911 g/mol. The maximum absolute atomic E-state index is 10.0. The molecule has 370 valence electrons. The normalized spacial score (nSPS) is 12.3. The van der Waals surface area contributed by atoms with Gasteiger partial charge in [0.25, 0.3) is 0 Å². The molecule has 11 aromatic carbocycles. The number of hydrogen-bond acceptors (Lipinski definition) is 2. The fourth-order valence-electron chi connectivity index (χ4n) is 11.1. The first-order valence-corrected chi connectivity index (χ1v) is 26.5. The highest BCUT2D eigenvalue weighted by atomic mass is 16.3. The van der Waals surface area contributed by atoms with Crippen molar-refractivity contribution in [2.24, 2.45) is 0 Å². The Balaban J connectivity index is 0.000000133. The van der Waals surface area contributed by atoms with Crippen molar-refractivity contribution in [3.8, 4) is 33.8 Å². The summed E-state index contributed by atoms with van der Waals surface area (Å²) >= 11 is 0. The van der Waals surface area contributed by atoms with Crippen LogP contribution < -0.4 is 0 Å². The van der Waals surface area contributed by atoms with Crippen molar-refractivity contribution in [1.82, 2.24) is 4.98 Å². The van der Waals surface area contributed by atoms with Gasteiger partial charge in [0.2, 0.25) is 0 Å². The minimum atomic E-state index is -0.495. The van der Waals surface area contributed by atoms with Gasteiger partial charge in [-0.05, 0) is 161 Å². The molecule has 2 aliphatic rings. The van der Waals surface area contributed by atoms with Crippen LogP contribution in [-0.4, -0.2) is 15.2 Å². The molecule has 3 N–H and O–H groups in total. The first-order chi connectivity index (χ1) is 36.6. The number of aromatic nitrogens is 1. The second-order valence-corrected chi connectivity index (χ2v) is 20.0. The van der Waals surface area contributed by atoms with E-state index in [9.17, 15) is 10.2 Å². The lowest BCUT2D eigenvalue weighted by Gasteiger charge is -2.34. The Labute approximate surface area is 442 Å². The molecule has 75 heavy (non-hydrogen) atoms. The zero-order valence-corrected chi connectivity index (χ0v) is 43.9. The molecule has 12 aromatic rings. The second-order valence-electron chi connectivity index (χ2n) is 20.0. The SMILES string of the molecule is CC.CC(C)c1ccccc1.CC(C)c1ccccc1.Oc1ccc2cc(C3(c4ccc5cc(O)ccc5c4)c4ccccc4-c4ccccc43)ccc2c1.c1ccc2c(c1)Cc1cc3c(cc1-2)[nH]c1ccccc13. The van der Waals surface area contributed by atoms with E-state index in [4.69, 9.17) is 0 Å². The number of nitrogens with one attached hydrogen (secondary N) is 1. The summed E-state index contributed by atoms with van der Waals surface area (Å²) in [7, 11) is 0. The van der Waals surface area contributed by atoms with Crippen LogP contribution in [0.1, 0.15) is 97.9 Å². The molecule has 0 saturated heterocycles. The maximum Gasteiger partial charge on any atom is 0.116 e. The van der Waals surface area contributed by atoms with Crippen molar-refractivity contribution in [2.75, 3.05) is 0 Å². The largest absolute Gasteiger partial charge is 0.508 e. The number of aromatic amines is 1. The van der Waals surface area contributed by atoms with Crippen molar-refractivity contribution in [3.63, 3.8) is 0 Å². The van der Waals surface area contributed by atoms with Gasteiger partial charge in [0.15, 0.2) is 0 Å². The lowest BCUT2D eigenvalue weighted by atomic mass is 9.67. The summed E-state index contributed by atoms with van der Waals surface area (Å²) in [5, 5.41) is 26.9. The third kappa shape index (κ3) is 9.83. The Morgan fingerprint density at radius 1 is 0.360 bits per heavy atom. The molecule has 0 spiro atoms. The zero-order chi connectivity index (χ0) is 52.1. The third-order valence-corrected chi connectivity index (χ3v) is 14.8. The van der Waals surface area contributed by atoms with Crippen molar-refractivity contribution in [1.29, 1.82) is 0 Å². The van der Waals surface area contributed by atoms with Crippen molar-refractivity contribution < 1.29 is 10.2 Å². The van der Waals surface area contributed by atoms with Crippen LogP contribution in [-0.2, 0) is 11.8 Å². The van der Waals surface area contributed by atoms with Crippen LogP contribution in [0.4, 0.5) is 0 Å². The molecule has 0 bridgehead atoms. The minimum absolute atomic E-state index is 0.273. The second kappa shape index (κ2) is 21.8. The number of phenols is 2. The molecule has 3 heteroatoms.